The smallest absolute Gasteiger partial charge is 0.416 e. The van der Waals surface area contributed by atoms with Gasteiger partial charge in [-0.25, -0.2) is 0 Å². The summed E-state index contributed by atoms with van der Waals surface area (Å²) in [7, 11) is 0. The lowest BCUT2D eigenvalue weighted by atomic mass is 10.1. The molecule has 0 fully saturated rings. The van der Waals surface area contributed by atoms with Gasteiger partial charge in [0.2, 0.25) is 0 Å². The van der Waals surface area contributed by atoms with Gasteiger partial charge >= 0.3 is 12.1 Å². The van der Waals surface area contributed by atoms with Crippen LogP contribution in [0.25, 0.3) is 10.9 Å². The van der Waals surface area contributed by atoms with Gasteiger partial charge in [-0.05, 0) is 38.0 Å². The number of hydrogen-bond donors (Lipinski definition) is 1. The molecule has 3 nitrogen and oxygen atoms in total. The van der Waals surface area contributed by atoms with Crippen LogP contribution < -0.4 is 0 Å². The van der Waals surface area contributed by atoms with E-state index in [2.05, 4.69) is 0 Å². The predicted molar refractivity (Wildman–Crippen MR) is 73.3 cm³/mol. The molecule has 1 heterocycles. The van der Waals surface area contributed by atoms with Gasteiger partial charge in [-0.2, -0.15) is 13.2 Å². The molecule has 0 aliphatic carbocycles. The van der Waals surface area contributed by atoms with Gasteiger partial charge in [-0.15, -0.1) is 0 Å². The number of carboxylic acid groups (broad SMARTS) is 1. The number of carboxylic acids is 1. The van der Waals surface area contributed by atoms with Gasteiger partial charge < -0.3 is 9.67 Å². The third kappa shape index (κ3) is 3.20. The van der Waals surface area contributed by atoms with Crippen molar-refractivity contribution >= 4 is 16.9 Å². The minimum absolute atomic E-state index is 0.00504. The summed E-state index contributed by atoms with van der Waals surface area (Å²) in [5.74, 6) is -0.924. The molecule has 1 N–H and O–H groups in total. The molecule has 114 valence electrons. The molecule has 0 unspecified atom stereocenters. The summed E-state index contributed by atoms with van der Waals surface area (Å²) >= 11 is 0. The fourth-order valence-electron chi connectivity index (χ4n) is 2.37. The van der Waals surface area contributed by atoms with Crippen molar-refractivity contribution in [3.8, 4) is 0 Å². The van der Waals surface area contributed by atoms with Crippen LogP contribution in [0.1, 0.15) is 37.4 Å². The van der Waals surface area contributed by atoms with Crippen molar-refractivity contribution in [2.45, 2.75) is 38.9 Å². The zero-order valence-electron chi connectivity index (χ0n) is 11.7. The predicted octanol–water partition coefficient (Wildman–Crippen LogP) is 4.26. The number of benzene rings is 1. The first-order valence-corrected chi connectivity index (χ1v) is 6.62. The molecule has 0 spiro atoms. The van der Waals surface area contributed by atoms with E-state index in [9.17, 15) is 18.0 Å². The molecule has 0 atom stereocenters. The van der Waals surface area contributed by atoms with E-state index in [0.29, 0.717) is 17.3 Å². The molecule has 1 aromatic heterocycles. The molecule has 2 aromatic rings. The van der Waals surface area contributed by atoms with Gasteiger partial charge in [0.25, 0.3) is 0 Å². The van der Waals surface area contributed by atoms with E-state index in [1.165, 1.54) is 6.07 Å². The highest BCUT2D eigenvalue weighted by molar-refractivity contribution is 5.85. The first kappa shape index (κ1) is 15.4. The molecule has 0 bridgehead atoms. The monoisotopic (exact) mass is 299 g/mol. The van der Waals surface area contributed by atoms with Crippen LogP contribution in [-0.2, 0) is 17.4 Å². The maximum atomic E-state index is 12.8. The fourth-order valence-corrected chi connectivity index (χ4v) is 2.37. The van der Waals surface area contributed by atoms with Crippen molar-refractivity contribution < 1.29 is 23.1 Å². The molecular weight excluding hydrogens is 283 g/mol. The second-order valence-electron chi connectivity index (χ2n) is 5.28. The Hall–Kier alpha value is -1.98. The largest absolute Gasteiger partial charge is 0.481 e. The van der Waals surface area contributed by atoms with Crippen LogP contribution in [-0.4, -0.2) is 15.6 Å². The van der Waals surface area contributed by atoms with Crippen LogP contribution in [0, 0.1) is 0 Å². The van der Waals surface area contributed by atoms with Crippen LogP contribution in [0.5, 0.6) is 0 Å². The molecule has 0 amide bonds. The highest BCUT2D eigenvalue weighted by Crippen LogP contribution is 2.34. The number of carbonyl (C=O) groups is 1. The summed E-state index contributed by atoms with van der Waals surface area (Å²) in [5.41, 5.74) is 0.551. The average Bonchev–Trinajstić information content (AvgIpc) is 2.73. The van der Waals surface area contributed by atoms with Gasteiger partial charge in [-0.3, -0.25) is 4.79 Å². The molecule has 2 rings (SSSR count). The number of nitrogens with zero attached hydrogens (tertiary/aromatic N) is 1. The number of rotatable bonds is 4. The molecule has 6 heteroatoms. The second-order valence-corrected chi connectivity index (χ2v) is 5.28. The lowest BCUT2D eigenvalue weighted by Crippen LogP contribution is -2.05. The van der Waals surface area contributed by atoms with E-state index in [1.807, 2.05) is 13.8 Å². The molecule has 0 saturated heterocycles. The molecule has 21 heavy (non-hydrogen) atoms. The molecule has 1 aromatic carbocycles. The number of alkyl halides is 3. The van der Waals surface area contributed by atoms with Gasteiger partial charge in [0.15, 0.2) is 0 Å². The quantitative estimate of drug-likeness (QED) is 0.916. The maximum absolute atomic E-state index is 12.8. The van der Waals surface area contributed by atoms with Crippen LogP contribution in [0.15, 0.2) is 24.4 Å². The first-order valence-electron chi connectivity index (χ1n) is 6.62. The minimum atomic E-state index is -4.39. The maximum Gasteiger partial charge on any atom is 0.416 e. The van der Waals surface area contributed by atoms with Gasteiger partial charge in [0, 0.05) is 29.6 Å². The number of aromatic nitrogens is 1. The number of fused-ring (bicyclic) bond motifs is 1. The normalized spacial score (nSPS) is 12.3. The third-order valence-corrected chi connectivity index (χ3v) is 3.41. The number of aryl methyl sites for hydroxylation is 1. The molecule has 0 radical (unpaired) electrons. The van der Waals surface area contributed by atoms with Crippen molar-refractivity contribution in [3.05, 3.63) is 35.5 Å². The van der Waals surface area contributed by atoms with E-state index in [4.69, 9.17) is 5.11 Å². The van der Waals surface area contributed by atoms with E-state index in [1.54, 1.807) is 10.8 Å². The fraction of sp³-hybridized carbons (Fsp3) is 0.400. The first-order chi connectivity index (χ1) is 9.70. The Morgan fingerprint density at radius 2 is 2.00 bits per heavy atom. The SMILES string of the molecule is CC(C)n1cc(CCC(=O)O)c2ccc(C(F)(F)F)cc21. The van der Waals surface area contributed by atoms with Crippen LogP contribution >= 0.6 is 0 Å². The van der Waals surface area contributed by atoms with E-state index in [0.717, 1.165) is 17.7 Å². The number of halogens is 3. The lowest BCUT2D eigenvalue weighted by Gasteiger charge is -2.11. The van der Waals surface area contributed by atoms with Crippen molar-refractivity contribution in [1.29, 1.82) is 0 Å². The molecule has 0 aliphatic rings. The minimum Gasteiger partial charge on any atom is -0.481 e. The van der Waals surface area contributed by atoms with Gasteiger partial charge in [0.05, 0.1) is 5.56 Å². The van der Waals surface area contributed by atoms with Crippen molar-refractivity contribution in [3.63, 3.8) is 0 Å². The average molecular weight is 299 g/mol. The van der Waals surface area contributed by atoms with Gasteiger partial charge in [0.1, 0.15) is 0 Å². The molecule has 0 aliphatic heterocycles. The van der Waals surface area contributed by atoms with Gasteiger partial charge in [-0.1, -0.05) is 6.07 Å². The lowest BCUT2D eigenvalue weighted by molar-refractivity contribution is -0.138. The Labute approximate surface area is 120 Å². The second kappa shape index (κ2) is 5.42. The Balaban J connectivity index is 2.56. The standard InChI is InChI=1S/C15H16F3NO2/c1-9(2)19-8-10(3-6-14(20)21)12-5-4-11(7-13(12)19)15(16,17)18/h4-5,7-9H,3,6H2,1-2H3,(H,20,21). The van der Waals surface area contributed by atoms with Crippen LogP contribution in [0.3, 0.4) is 0 Å². The summed E-state index contributed by atoms with van der Waals surface area (Å²) in [6, 6.07) is 3.58. The highest BCUT2D eigenvalue weighted by Gasteiger charge is 2.31. The van der Waals surface area contributed by atoms with E-state index in [-0.39, 0.29) is 12.5 Å². The van der Waals surface area contributed by atoms with Crippen molar-refractivity contribution in [2.24, 2.45) is 0 Å². The zero-order valence-corrected chi connectivity index (χ0v) is 11.7. The van der Waals surface area contributed by atoms with E-state index >= 15 is 0 Å². The Bertz CT molecular complexity index is 671. The topological polar surface area (TPSA) is 42.2 Å². The molecule has 0 saturated carbocycles. The number of aliphatic carboxylic acids is 1. The molecular formula is C15H16F3NO2. The Morgan fingerprint density at radius 3 is 2.52 bits per heavy atom. The Kier molecular flexibility index (Phi) is 3.98. The summed E-state index contributed by atoms with van der Waals surface area (Å²) < 4.78 is 40.2. The number of hydrogen-bond acceptors (Lipinski definition) is 1. The summed E-state index contributed by atoms with van der Waals surface area (Å²) in [6.07, 6.45) is -2.38. The summed E-state index contributed by atoms with van der Waals surface area (Å²) in [5, 5.41) is 9.44. The highest BCUT2D eigenvalue weighted by atomic mass is 19.4. The van der Waals surface area contributed by atoms with Crippen LogP contribution in [0.4, 0.5) is 13.2 Å². The Morgan fingerprint density at radius 1 is 1.33 bits per heavy atom. The van der Waals surface area contributed by atoms with Crippen molar-refractivity contribution in [2.75, 3.05) is 0 Å². The summed E-state index contributed by atoms with van der Waals surface area (Å²) in [6.45, 7) is 3.75. The summed E-state index contributed by atoms with van der Waals surface area (Å²) in [4.78, 5) is 10.7. The van der Waals surface area contributed by atoms with Crippen molar-refractivity contribution in [1.82, 2.24) is 4.57 Å². The van der Waals surface area contributed by atoms with E-state index < -0.39 is 17.7 Å². The van der Waals surface area contributed by atoms with Crippen LogP contribution in [0.2, 0.25) is 0 Å². The zero-order chi connectivity index (χ0) is 15.8. The third-order valence-electron chi connectivity index (χ3n) is 3.41.